The maximum Gasteiger partial charge on any atom is 0.314 e. The number of alkyl halides is 1. The van der Waals surface area contributed by atoms with Crippen molar-refractivity contribution in [3.05, 3.63) is 63.5 Å². The molecule has 0 aromatic heterocycles. The number of rotatable bonds is 4. The van der Waals surface area contributed by atoms with Crippen LogP contribution in [0.5, 0.6) is 11.5 Å². The maximum atomic E-state index is 13.8. The molecule has 0 radical (unpaired) electrons. The number of para-hydroxylation sites is 2. The number of halogens is 2. The standard InChI is InChI=1S/C14H11BrFNO3/c1-9-4-2-7-12(13(9)17(18)19)20-14-10(8-15)5-3-6-11(14)16/h2-7H,8H2,1H3. The lowest BCUT2D eigenvalue weighted by atomic mass is 10.2. The second kappa shape index (κ2) is 6.00. The monoisotopic (exact) mass is 339 g/mol. The molecule has 0 aliphatic rings. The molecule has 0 saturated carbocycles. The van der Waals surface area contributed by atoms with Crippen LogP contribution in [0.2, 0.25) is 0 Å². The van der Waals surface area contributed by atoms with Gasteiger partial charge < -0.3 is 4.74 Å². The molecular weight excluding hydrogens is 329 g/mol. The van der Waals surface area contributed by atoms with Crippen molar-refractivity contribution in [2.75, 3.05) is 0 Å². The first-order valence-corrected chi connectivity index (χ1v) is 6.92. The van der Waals surface area contributed by atoms with E-state index in [2.05, 4.69) is 15.9 Å². The van der Waals surface area contributed by atoms with E-state index in [0.29, 0.717) is 16.5 Å². The Hall–Kier alpha value is -1.95. The number of hydrogen-bond acceptors (Lipinski definition) is 3. The summed E-state index contributed by atoms with van der Waals surface area (Å²) in [5.74, 6) is -0.530. The molecule has 0 unspecified atom stereocenters. The van der Waals surface area contributed by atoms with E-state index in [9.17, 15) is 14.5 Å². The predicted molar refractivity (Wildman–Crippen MR) is 76.9 cm³/mol. The van der Waals surface area contributed by atoms with E-state index >= 15 is 0 Å². The third-order valence-corrected chi connectivity index (χ3v) is 3.39. The molecule has 0 aliphatic carbocycles. The van der Waals surface area contributed by atoms with Crippen molar-refractivity contribution < 1.29 is 14.1 Å². The summed E-state index contributed by atoms with van der Waals surface area (Å²) >= 11 is 3.24. The van der Waals surface area contributed by atoms with Crippen LogP contribution in [0, 0.1) is 22.9 Å². The van der Waals surface area contributed by atoms with Gasteiger partial charge in [-0.2, -0.15) is 0 Å². The van der Waals surface area contributed by atoms with E-state index in [1.54, 1.807) is 31.2 Å². The summed E-state index contributed by atoms with van der Waals surface area (Å²) in [6, 6.07) is 9.20. The Labute approximate surface area is 123 Å². The zero-order chi connectivity index (χ0) is 14.7. The van der Waals surface area contributed by atoms with Crippen molar-refractivity contribution in [2.24, 2.45) is 0 Å². The summed E-state index contributed by atoms with van der Waals surface area (Å²) in [5.41, 5.74) is 0.890. The Morgan fingerprint density at radius 2 is 2.00 bits per heavy atom. The average molecular weight is 340 g/mol. The van der Waals surface area contributed by atoms with Crippen LogP contribution in [-0.2, 0) is 5.33 Å². The van der Waals surface area contributed by atoms with Gasteiger partial charge in [0.2, 0.25) is 5.75 Å². The second-order valence-corrected chi connectivity index (χ2v) is 4.70. The van der Waals surface area contributed by atoms with E-state index in [-0.39, 0.29) is 17.2 Å². The van der Waals surface area contributed by atoms with Crippen LogP contribution in [0.3, 0.4) is 0 Å². The summed E-state index contributed by atoms with van der Waals surface area (Å²) in [5, 5.41) is 11.5. The van der Waals surface area contributed by atoms with Gasteiger partial charge in [-0.3, -0.25) is 10.1 Å². The summed E-state index contributed by atoms with van der Waals surface area (Å²) in [7, 11) is 0. The highest BCUT2D eigenvalue weighted by Crippen LogP contribution is 2.36. The first-order chi connectivity index (χ1) is 9.54. The third-order valence-electron chi connectivity index (χ3n) is 2.79. The molecule has 0 fully saturated rings. The molecule has 0 aliphatic heterocycles. The lowest BCUT2D eigenvalue weighted by Gasteiger charge is -2.11. The van der Waals surface area contributed by atoms with Gasteiger partial charge in [0.15, 0.2) is 11.6 Å². The molecule has 0 heterocycles. The van der Waals surface area contributed by atoms with Crippen molar-refractivity contribution in [3.63, 3.8) is 0 Å². The lowest BCUT2D eigenvalue weighted by molar-refractivity contribution is -0.386. The molecule has 104 valence electrons. The normalized spacial score (nSPS) is 10.3. The van der Waals surface area contributed by atoms with Gasteiger partial charge in [0.1, 0.15) is 0 Å². The van der Waals surface area contributed by atoms with Crippen LogP contribution in [0.25, 0.3) is 0 Å². The molecule has 6 heteroatoms. The average Bonchev–Trinajstić information content (AvgIpc) is 2.40. The molecule has 2 aromatic carbocycles. The molecule has 20 heavy (non-hydrogen) atoms. The van der Waals surface area contributed by atoms with E-state index in [4.69, 9.17) is 4.74 Å². The molecular formula is C14H11BrFNO3. The van der Waals surface area contributed by atoms with E-state index in [0.717, 1.165) is 0 Å². The van der Waals surface area contributed by atoms with Crippen LogP contribution in [0.1, 0.15) is 11.1 Å². The zero-order valence-electron chi connectivity index (χ0n) is 10.6. The van der Waals surface area contributed by atoms with E-state index in [1.165, 1.54) is 12.1 Å². The largest absolute Gasteiger partial charge is 0.447 e. The number of nitro groups is 1. The fraction of sp³-hybridized carbons (Fsp3) is 0.143. The van der Waals surface area contributed by atoms with Crippen LogP contribution in [-0.4, -0.2) is 4.92 Å². The minimum absolute atomic E-state index is 0.00178. The highest BCUT2D eigenvalue weighted by Gasteiger charge is 2.21. The molecule has 0 N–H and O–H groups in total. The van der Waals surface area contributed by atoms with Gasteiger partial charge in [-0.1, -0.05) is 40.2 Å². The number of hydrogen-bond donors (Lipinski definition) is 0. The van der Waals surface area contributed by atoms with Crippen molar-refractivity contribution in [1.29, 1.82) is 0 Å². The maximum absolute atomic E-state index is 13.8. The quantitative estimate of drug-likeness (QED) is 0.459. The summed E-state index contributed by atoms with van der Waals surface area (Å²) in [6.07, 6.45) is 0. The van der Waals surface area contributed by atoms with Crippen molar-refractivity contribution in [3.8, 4) is 11.5 Å². The number of nitrogens with zero attached hydrogens (tertiary/aromatic N) is 1. The zero-order valence-corrected chi connectivity index (χ0v) is 12.2. The van der Waals surface area contributed by atoms with Crippen molar-refractivity contribution >= 4 is 21.6 Å². The Balaban J connectivity index is 2.51. The Morgan fingerprint density at radius 3 is 2.65 bits per heavy atom. The van der Waals surface area contributed by atoms with E-state index < -0.39 is 10.7 Å². The topological polar surface area (TPSA) is 52.4 Å². The lowest BCUT2D eigenvalue weighted by Crippen LogP contribution is -1.98. The minimum atomic E-state index is -0.558. The summed E-state index contributed by atoms with van der Waals surface area (Å²) in [6.45, 7) is 1.61. The molecule has 0 amide bonds. The number of nitro benzene ring substituents is 1. The first kappa shape index (κ1) is 14.5. The van der Waals surface area contributed by atoms with Crippen LogP contribution in [0.15, 0.2) is 36.4 Å². The SMILES string of the molecule is Cc1cccc(Oc2c(F)cccc2CBr)c1[N+](=O)[O-]. The molecule has 2 rings (SSSR count). The summed E-state index contributed by atoms with van der Waals surface area (Å²) < 4.78 is 19.3. The predicted octanol–water partition coefficient (Wildman–Crippen LogP) is 4.73. The fourth-order valence-electron chi connectivity index (χ4n) is 1.83. The Morgan fingerprint density at radius 1 is 1.30 bits per heavy atom. The number of ether oxygens (including phenoxy) is 1. The van der Waals surface area contributed by atoms with Gasteiger partial charge in [0.25, 0.3) is 0 Å². The molecule has 0 atom stereocenters. The van der Waals surface area contributed by atoms with Crippen LogP contribution < -0.4 is 4.74 Å². The van der Waals surface area contributed by atoms with Crippen LogP contribution >= 0.6 is 15.9 Å². The Kier molecular flexibility index (Phi) is 4.34. The molecule has 0 bridgehead atoms. The smallest absolute Gasteiger partial charge is 0.314 e. The van der Waals surface area contributed by atoms with E-state index in [1.807, 2.05) is 0 Å². The fourth-order valence-corrected chi connectivity index (χ4v) is 2.27. The van der Waals surface area contributed by atoms with Gasteiger partial charge in [-0.05, 0) is 19.1 Å². The second-order valence-electron chi connectivity index (χ2n) is 4.14. The van der Waals surface area contributed by atoms with Gasteiger partial charge in [-0.15, -0.1) is 0 Å². The molecule has 4 nitrogen and oxygen atoms in total. The highest BCUT2D eigenvalue weighted by molar-refractivity contribution is 9.08. The molecule has 2 aromatic rings. The minimum Gasteiger partial charge on any atom is -0.447 e. The highest BCUT2D eigenvalue weighted by atomic mass is 79.9. The molecule has 0 spiro atoms. The Bertz CT molecular complexity index is 661. The first-order valence-electron chi connectivity index (χ1n) is 5.79. The van der Waals surface area contributed by atoms with Gasteiger partial charge in [-0.25, -0.2) is 4.39 Å². The molecule has 0 saturated heterocycles. The third kappa shape index (κ3) is 2.80. The van der Waals surface area contributed by atoms with Gasteiger partial charge in [0.05, 0.1) is 4.92 Å². The van der Waals surface area contributed by atoms with Gasteiger partial charge in [0, 0.05) is 16.5 Å². The summed E-state index contributed by atoms with van der Waals surface area (Å²) in [4.78, 5) is 10.6. The van der Waals surface area contributed by atoms with Crippen LogP contribution in [0.4, 0.5) is 10.1 Å². The van der Waals surface area contributed by atoms with Crippen molar-refractivity contribution in [1.82, 2.24) is 0 Å². The van der Waals surface area contributed by atoms with Gasteiger partial charge >= 0.3 is 5.69 Å². The van der Waals surface area contributed by atoms with Crippen molar-refractivity contribution in [2.45, 2.75) is 12.3 Å². The number of aryl methyl sites for hydroxylation is 1. The number of benzene rings is 2.